The molecular formula is C57H104O6. The molecule has 0 saturated heterocycles. The highest BCUT2D eigenvalue weighted by molar-refractivity contribution is 5.71. The second kappa shape index (κ2) is 52.3. The van der Waals surface area contributed by atoms with Crippen molar-refractivity contribution in [3.63, 3.8) is 0 Å². The summed E-state index contributed by atoms with van der Waals surface area (Å²) in [6, 6.07) is 0. The summed E-state index contributed by atoms with van der Waals surface area (Å²) in [7, 11) is 0. The Kier molecular flexibility index (Phi) is 50.3. The van der Waals surface area contributed by atoms with E-state index in [0.717, 1.165) is 77.0 Å². The van der Waals surface area contributed by atoms with Gasteiger partial charge in [0.15, 0.2) is 6.10 Å². The normalized spacial score (nSPS) is 12.2. The lowest BCUT2D eigenvalue weighted by molar-refractivity contribution is -0.167. The highest BCUT2D eigenvalue weighted by Gasteiger charge is 2.19. The molecule has 0 rings (SSSR count). The SMILES string of the molecule is CCCCCCC/C=C\C/C=C\C/C=C\CCCCCCCCC(=O)OCC(COC(=O)CCCCCCCCCCC)OC(=O)CCCCCCCCCCCCCCCCC. The molecule has 0 fully saturated rings. The summed E-state index contributed by atoms with van der Waals surface area (Å²) in [4.78, 5) is 37.9. The zero-order valence-corrected chi connectivity index (χ0v) is 42.1. The standard InChI is InChI=1S/C57H104O6/c1-4-7-10-13-16-19-21-23-25-26-27-28-29-30-32-33-35-38-41-44-47-50-56(59)62-53-54(52-61-55(58)49-46-43-40-37-18-15-12-9-6-3)63-57(60)51-48-45-42-39-36-34-31-24-22-20-17-14-11-8-5-2/h21,23,26-27,29-30,54H,4-20,22,24-25,28,31-53H2,1-3H3/b23-21-,27-26-,30-29-. The molecule has 63 heavy (non-hydrogen) atoms. The zero-order valence-electron chi connectivity index (χ0n) is 42.1. The number of hydrogen-bond acceptors (Lipinski definition) is 6. The Labute approximate surface area is 391 Å². The molecule has 0 radical (unpaired) electrons. The van der Waals surface area contributed by atoms with Gasteiger partial charge in [0, 0.05) is 19.3 Å². The number of rotatable bonds is 50. The van der Waals surface area contributed by atoms with E-state index in [0.29, 0.717) is 19.3 Å². The molecule has 0 aliphatic carbocycles. The molecule has 0 bridgehead atoms. The Morgan fingerprint density at radius 1 is 0.317 bits per heavy atom. The number of carbonyl (C=O) groups is 3. The van der Waals surface area contributed by atoms with Crippen LogP contribution in [0.1, 0.15) is 290 Å². The Morgan fingerprint density at radius 2 is 0.571 bits per heavy atom. The second-order valence-corrected chi connectivity index (χ2v) is 18.5. The Hall–Kier alpha value is -2.37. The Morgan fingerprint density at radius 3 is 0.889 bits per heavy atom. The van der Waals surface area contributed by atoms with Gasteiger partial charge in [-0.1, -0.05) is 250 Å². The van der Waals surface area contributed by atoms with Gasteiger partial charge in [0.25, 0.3) is 0 Å². The van der Waals surface area contributed by atoms with Gasteiger partial charge < -0.3 is 14.2 Å². The van der Waals surface area contributed by atoms with E-state index in [1.807, 2.05) is 0 Å². The van der Waals surface area contributed by atoms with Gasteiger partial charge in [-0.15, -0.1) is 0 Å². The van der Waals surface area contributed by atoms with Crippen molar-refractivity contribution in [1.82, 2.24) is 0 Å². The van der Waals surface area contributed by atoms with E-state index in [1.165, 1.54) is 173 Å². The van der Waals surface area contributed by atoms with E-state index >= 15 is 0 Å². The minimum Gasteiger partial charge on any atom is -0.462 e. The van der Waals surface area contributed by atoms with Gasteiger partial charge in [0.2, 0.25) is 0 Å². The zero-order chi connectivity index (χ0) is 45.8. The molecule has 0 aliphatic rings. The monoisotopic (exact) mass is 885 g/mol. The van der Waals surface area contributed by atoms with Gasteiger partial charge in [0.1, 0.15) is 13.2 Å². The van der Waals surface area contributed by atoms with Crippen LogP contribution >= 0.6 is 0 Å². The average Bonchev–Trinajstić information content (AvgIpc) is 3.28. The molecule has 0 spiro atoms. The van der Waals surface area contributed by atoms with Crippen LogP contribution in [0.4, 0.5) is 0 Å². The van der Waals surface area contributed by atoms with E-state index in [2.05, 4.69) is 57.2 Å². The molecule has 0 amide bonds. The molecule has 0 aliphatic heterocycles. The van der Waals surface area contributed by atoms with Gasteiger partial charge in [-0.2, -0.15) is 0 Å². The van der Waals surface area contributed by atoms with Crippen LogP contribution < -0.4 is 0 Å². The molecule has 1 atom stereocenters. The molecule has 0 aromatic carbocycles. The van der Waals surface area contributed by atoms with Crippen LogP contribution in [-0.2, 0) is 28.6 Å². The number of ether oxygens (including phenoxy) is 3. The van der Waals surface area contributed by atoms with Crippen LogP contribution in [0.15, 0.2) is 36.5 Å². The molecular weight excluding hydrogens is 781 g/mol. The van der Waals surface area contributed by atoms with Crippen molar-refractivity contribution < 1.29 is 28.6 Å². The molecule has 0 N–H and O–H groups in total. The predicted octanol–water partition coefficient (Wildman–Crippen LogP) is 18.1. The van der Waals surface area contributed by atoms with E-state index in [1.54, 1.807) is 0 Å². The first kappa shape index (κ1) is 60.6. The molecule has 0 heterocycles. The third-order valence-electron chi connectivity index (χ3n) is 12.1. The van der Waals surface area contributed by atoms with E-state index < -0.39 is 6.10 Å². The number of hydrogen-bond donors (Lipinski definition) is 0. The van der Waals surface area contributed by atoms with Crippen LogP contribution in [0.5, 0.6) is 0 Å². The third kappa shape index (κ3) is 50.5. The lowest BCUT2D eigenvalue weighted by atomic mass is 10.0. The fourth-order valence-electron chi connectivity index (χ4n) is 7.98. The van der Waals surface area contributed by atoms with Gasteiger partial charge >= 0.3 is 17.9 Å². The molecule has 368 valence electrons. The molecule has 6 heteroatoms. The smallest absolute Gasteiger partial charge is 0.306 e. The Bertz CT molecular complexity index is 1060. The number of carbonyl (C=O) groups excluding carboxylic acids is 3. The number of esters is 3. The minimum absolute atomic E-state index is 0.0724. The molecule has 0 saturated carbocycles. The van der Waals surface area contributed by atoms with Crippen molar-refractivity contribution >= 4 is 17.9 Å². The van der Waals surface area contributed by atoms with Gasteiger partial charge in [0.05, 0.1) is 0 Å². The summed E-state index contributed by atoms with van der Waals surface area (Å²) in [5.74, 6) is -0.874. The van der Waals surface area contributed by atoms with Crippen molar-refractivity contribution in [3.8, 4) is 0 Å². The summed E-state index contributed by atoms with van der Waals surface area (Å²) < 4.78 is 16.8. The lowest BCUT2D eigenvalue weighted by Crippen LogP contribution is -2.30. The van der Waals surface area contributed by atoms with Crippen molar-refractivity contribution in [2.75, 3.05) is 13.2 Å². The highest BCUT2D eigenvalue weighted by Crippen LogP contribution is 2.16. The summed E-state index contributed by atoms with van der Waals surface area (Å²) in [6.45, 7) is 6.63. The fraction of sp³-hybridized carbons (Fsp3) is 0.842. The van der Waals surface area contributed by atoms with Crippen LogP contribution in [0.2, 0.25) is 0 Å². The summed E-state index contributed by atoms with van der Waals surface area (Å²) >= 11 is 0. The lowest BCUT2D eigenvalue weighted by Gasteiger charge is -2.18. The van der Waals surface area contributed by atoms with Crippen LogP contribution in [-0.4, -0.2) is 37.2 Å². The summed E-state index contributed by atoms with van der Waals surface area (Å²) in [5, 5.41) is 0. The predicted molar refractivity (Wildman–Crippen MR) is 270 cm³/mol. The highest BCUT2D eigenvalue weighted by atomic mass is 16.6. The first-order valence-corrected chi connectivity index (χ1v) is 27.5. The fourth-order valence-corrected chi connectivity index (χ4v) is 7.98. The van der Waals surface area contributed by atoms with E-state index in [4.69, 9.17) is 14.2 Å². The van der Waals surface area contributed by atoms with Crippen LogP contribution in [0, 0.1) is 0 Å². The van der Waals surface area contributed by atoms with E-state index in [9.17, 15) is 14.4 Å². The number of allylic oxidation sites excluding steroid dienone is 6. The maximum atomic E-state index is 12.8. The van der Waals surface area contributed by atoms with Gasteiger partial charge in [-0.05, 0) is 57.8 Å². The van der Waals surface area contributed by atoms with Crippen molar-refractivity contribution in [2.45, 2.75) is 297 Å². The Balaban J connectivity index is 4.28. The van der Waals surface area contributed by atoms with Crippen molar-refractivity contribution in [2.24, 2.45) is 0 Å². The number of unbranched alkanes of at least 4 members (excludes halogenated alkanes) is 33. The van der Waals surface area contributed by atoms with Crippen LogP contribution in [0.3, 0.4) is 0 Å². The minimum atomic E-state index is -0.771. The molecule has 6 nitrogen and oxygen atoms in total. The average molecular weight is 885 g/mol. The third-order valence-corrected chi connectivity index (χ3v) is 12.1. The van der Waals surface area contributed by atoms with Crippen LogP contribution in [0.25, 0.3) is 0 Å². The molecule has 0 aromatic heterocycles. The first-order chi connectivity index (χ1) is 31.0. The first-order valence-electron chi connectivity index (χ1n) is 27.5. The molecule has 1 unspecified atom stereocenters. The van der Waals surface area contributed by atoms with E-state index in [-0.39, 0.29) is 31.1 Å². The largest absolute Gasteiger partial charge is 0.462 e. The summed E-state index contributed by atoms with van der Waals surface area (Å²) in [6.07, 6.45) is 61.3. The quantitative estimate of drug-likeness (QED) is 0.0262. The van der Waals surface area contributed by atoms with Crippen molar-refractivity contribution in [1.29, 1.82) is 0 Å². The second-order valence-electron chi connectivity index (χ2n) is 18.5. The van der Waals surface area contributed by atoms with Crippen molar-refractivity contribution in [3.05, 3.63) is 36.5 Å². The van der Waals surface area contributed by atoms with Gasteiger partial charge in [-0.25, -0.2) is 0 Å². The maximum absolute atomic E-state index is 12.8. The topological polar surface area (TPSA) is 78.9 Å². The molecule has 0 aromatic rings. The van der Waals surface area contributed by atoms with Gasteiger partial charge in [-0.3, -0.25) is 14.4 Å². The summed E-state index contributed by atoms with van der Waals surface area (Å²) in [5.41, 5.74) is 0. The maximum Gasteiger partial charge on any atom is 0.306 e.